The minimum atomic E-state index is -0.408. The van der Waals surface area contributed by atoms with Crippen molar-refractivity contribution in [1.82, 2.24) is 4.90 Å². The number of hydrogen-bond donors (Lipinski definition) is 0. The Balaban J connectivity index is 0.00000192. The van der Waals surface area contributed by atoms with Gasteiger partial charge in [0.05, 0.1) is 12.7 Å². The Morgan fingerprint density at radius 1 is 1.17 bits per heavy atom. The third kappa shape index (κ3) is 3.24. The van der Waals surface area contributed by atoms with Crippen molar-refractivity contribution in [2.75, 3.05) is 14.2 Å². The number of hydrogen-bond acceptors (Lipinski definition) is 5. The first-order valence-corrected chi connectivity index (χ1v) is 7.67. The lowest BCUT2D eigenvalue weighted by Gasteiger charge is -2.40. The van der Waals surface area contributed by atoms with E-state index in [0.29, 0.717) is 18.0 Å². The number of carbonyl (C=O) groups is 2. The molecule has 126 valence electrons. The Morgan fingerprint density at radius 2 is 1.87 bits per heavy atom. The average molecular weight is 319 g/mol. The number of esters is 2. The zero-order valence-electron chi connectivity index (χ0n) is 12.9. The Labute approximate surface area is 137 Å². The molecular formula is C18H25NO4. The van der Waals surface area contributed by atoms with E-state index in [0.717, 1.165) is 12.8 Å². The molecule has 0 N–H and O–H groups in total. The largest absolute Gasteiger partial charge is 0.469 e. The molecule has 4 atom stereocenters. The van der Waals surface area contributed by atoms with Gasteiger partial charge < -0.3 is 9.47 Å². The number of carbonyl (C=O) groups excluding carboxylic acids is 2. The van der Waals surface area contributed by atoms with Crippen molar-refractivity contribution in [3.63, 3.8) is 0 Å². The fourth-order valence-electron chi connectivity index (χ4n) is 3.77. The number of nitrogens with zero attached hydrogens (tertiary/aromatic N) is 1. The van der Waals surface area contributed by atoms with Crippen molar-refractivity contribution in [3.8, 4) is 0 Å². The highest BCUT2D eigenvalue weighted by atomic mass is 16.6. The molecule has 5 heteroatoms. The molecule has 0 saturated carbocycles. The highest BCUT2D eigenvalue weighted by Crippen LogP contribution is 2.40. The summed E-state index contributed by atoms with van der Waals surface area (Å²) in [6, 6.07) is 9.36. The minimum Gasteiger partial charge on any atom is -0.469 e. The number of methoxy groups -OCH3 is 1. The third-order valence-electron chi connectivity index (χ3n) is 4.96. The van der Waals surface area contributed by atoms with E-state index in [4.69, 9.17) is 9.47 Å². The first kappa shape index (κ1) is 17.5. The van der Waals surface area contributed by atoms with Gasteiger partial charge in [-0.1, -0.05) is 25.6 Å². The Bertz CT molecular complexity index is 559. The molecule has 0 aliphatic carbocycles. The van der Waals surface area contributed by atoms with Crippen LogP contribution in [0.1, 0.15) is 37.0 Å². The lowest BCUT2D eigenvalue weighted by Crippen LogP contribution is -2.53. The summed E-state index contributed by atoms with van der Waals surface area (Å²) < 4.78 is 10.6. The summed E-state index contributed by atoms with van der Waals surface area (Å²) in [5, 5.41) is 0. The molecule has 0 aromatic heterocycles. The van der Waals surface area contributed by atoms with Crippen LogP contribution in [0.2, 0.25) is 0 Å². The maximum absolute atomic E-state index is 12.3. The normalized spacial score (nSPS) is 29.5. The number of rotatable bonds is 3. The van der Waals surface area contributed by atoms with Gasteiger partial charge in [-0.3, -0.25) is 9.69 Å². The number of fused-ring (bicyclic) bond motifs is 2. The monoisotopic (exact) mass is 319 g/mol. The lowest BCUT2D eigenvalue weighted by molar-refractivity contribution is -0.156. The highest BCUT2D eigenvalue weighted by molar-refractivity contribution is 5.89. The first-order valence-electron chi connectivity index (χ1n) is 7.67. The van der Waals surface area contributed by atoms with Crippen LogP contribution in [0.15, 0.2) is 30.3 Å². The molecule has 0 radical (unpaired) electrons. The number of ether oxygens (including phenoxy) is 2. The van der Waals surface area contributed by atoms with Gasteiger partial charge in [0.15, 0.2) is 0 Å². The van der Waals surface area contributed by atoms with Gasteiger partial charge in [0.1, 0.15) is 12.0 Å². The molecule has 2 heterocycles. The quantitative estimate of drug-likeness (QED) is 0.801. The minimum absolute atomic E-state index is 0. The second-order valence-electron chi connectivity index (χ2n) is 6.06. The van der Waals surface area contributed by atoms with Crippen molar-refractivity contribution in [2.24, 2.45) is 5.92 Å². The van der Waals surface area contributed by atoms with Gasteiger partial charge in [-0.2, -0.15) is 0 Å². The zero-order chi connectivity index (χ0) is 15.7. The van der Waals surface area contributed by atoms with Crippen molar-refractivity contribution in [2.45, 2.75) is 44.9 Å². The number of benzene rings is 1. The van der Waals surface area contributed by atoms with Crippen LogP contribution in [0.5, 0.6) is 0 Å². The second-order valence-corrected chi connectivity index (χ2v) is 6.06. The first-order chi connectivity index (χ1) is 10.6. The second kappa shape index (κ2) is 7.13. The van der Waals surface area contributed by atoms with Gasteiger partial charge >= 0.3 is 11.9 Å². The summed E-state index contributed by atoms with van der Waals surface area (Å²) in [7, 11) is 3.42. The van der Waals surface area contributed by atoms with E-state index in [1.165, 1.54) is 7.11 Å². The molecule has 1 aromatic carbocycles. The SMILES string of the molecule is C.COC(=O)C1C(OC(=O)c2ccccc2)CC2CCC1N2C. The zero-order valence-corrected chi connectivity index (χ0v) is 12.9. The molecule has 2 bridgehead atoms. The van der Waals surface area contributed by atoms with Crippen molar-refractivity contribution < 1.29 is 19.1 Å². The van der Waals surface area contributed by atoms with Gasteiger partial charge in [0, 0.05) is 18.5 Å². The van der Waals surface area contributed by atoms with Crippen LogP contribution < -0.4 is 0 Å². The summed E-state index contributed by atoms with van der Waals surface area (Å²) in [4.78, 5) is 26.7. The van der Waals surface area contributed by atoms with Crippen molar-refractivity contribution in [3.05, 3.63) is 35.9 Å². The van der Waals surface area contributed by atoms with Crippen molar-refractivity contribution in [1.29, 1.82) is 0 Å². The van der Waals surface area contributed by atoms with E-state index in [1.54, 1.807) is 24.3 Å². The van der Waals surface area contributed by atoms with Crippen LogP contribution >= 0.6 is 0 Å². The predicted molar refractivity (Wildman–Crippen MR) is 87.1 cm³/mol. The maximum atomic E-state index is 12.3. The van der Waals surface area contributed by atoms with Gasteiger partial charge in [-0.25, -0.2) is 4.79 Å². The van der Waals surface area contributed by atoms with E-state index in [1.807, 2.05) is 13.1 Å². The van der Waals surface area contributed by atoms with Crippen LogP contribution in [0.25, 0.3) is 0 Å². The predicted octanol–water partition coefficient (Wildman–Crippen LogP) is 2.50. The molecule has 23 heavy (non-hydrogen) atoms. The molecule has 2 aliphatic rings. The van der Waals surface area contributed by atoms with E-state index in [9.17, 15) is 9.59 Å². The fourth-order valence-corrected chi connectivity index (χ4v) is 3.77. The molecule has 3 rings (SSSR count). The van der Waals surface area contributed by atoms with Crippen LogP contribution in [-0.2, 0) is 14.3 Å². The van der Waals surface area contributed by atoms with Crippen LogP contribution in [0, 0.1) is 5.92 Å². The molecule has 2 aliphatic heterocycles. The summed E-state index contributed by atoms with van der Waals surface area (Å²) >= 11 is 0. The molecule has 5 nitrogen and oxygen atoms in total. The van der Waals surface area contributed by atoms with Gasteiger partial charge in [-0.15, -0.1) is 0 Å². The molecular weight excluding hydrogens is 294 g/mol. The lowest BCUT2D eigenvalue weighted by atomic mass is 9.87. The highest BCUT2D eigenvalue weighted by Gasteiger charge is 2.50. The third-order valence-corrected chi connectivity index (χ3v) is 4.96. The summed E-state index contributed by atoms with van der Waals surface area (Å²) in [5.41, 5.74) is 0.511. The summed E-state index contributed by atoms with van der Waals surface area (Å²) in [6.45, 7) is 0. The molecule has 0 spiro atoms. The van der Waals surface area contributed by atoms with Gasteiger partial charge in [0.25, 0.3) is 0 Å². The Hall–Kier alpha value is -1.88. The Kier molecular flexibility index (Phi) is 5.42. The van der Waals surface area contributed by atoms with E-state index < -0.39 is 12.0 Å². The van der Waals surface area contributed by atoms with Gasteiger partial charge in [0.2, 0.25) is 0 Å². The summed E-state index contributed by atoms with van der Waals surface area (Å²) in [5.74, 6) is -1.06. The molecule has 2 saturated heterocycles. The Morgan fingerprint density at radius 3 is 2.52 bits per heavy atom. The van der Waals surface area contributed by atoms with Gasteiger partial charge in [-0.05, 0) is 32.0 Å². The van der Waals surface area contributed by atoms with Crippen LogP contribution in [-0.4, -0.2) is 49.2 Å². The summed E-state index contributed by atoms with van der Waals surface area (Å²) in [6.07, 6.45) is 2.26. The molecule has 1 aromatic rings. The van der Waals surface area contributed by atoms with Crippen molar-refractivity contribution >= 4 is 11.9 Å². The van der Waals surface area contributed by atoms with E-state index in [2.05, 4.69) is 4.90 Å². The molecule has 4 unspecified atom stereocenters. The topological polar surface area (TPSA) is 55.8 Å². The number of piperidine rings is 1. The van der Waals surface area contributed by atoms with E-state index in [-0.39, 0.29) is 25.4 Å². The molecule has 0 amide bonds. The standard InChI is InChI=1S/C17H21NO4.CH4/c1-18-12-8-9-13(18)15(17(20)21-2)14(10-12)22-16(19)11-6-4-3-5-7-11;/h3-7,12-15H,8-10H2,1-2H3;1H4. The maximum Gasteiger partial charge on any atom is 0.338 e. The molecule has 2 fully saturated rings. The average Bonchev–Trinajstić information content (AvgIpc) is 2.78. The van der Waals surface area contributed by atoms with Crippen LogP contribution in [0.3, 0.4) is 0 Å². The smallest absolute Gasteiger partial charge is 0.338 e. The van der Waals surface area contributed by atoms with E-state index >= 15 is 0 Å². The van der Waals surface area contributed by atoms with Crippen LogP contribution in [0.4, 0.5) is 0 Å². The fraction of sp³-hybridized carbons (Fsp3) is 0.556.